The van der Waals surface area contributed by atoms with Crippen LogP contribution >= 0.6 is 15.9 Å². The number of anilines is 1. The summed E-state index contributed by atoms with van der Waals surface area (Å²) < 4.78 is 0.932. The molecule has 30 heavy (non-hydrogen) atoms. The Bertz CT molecular complexity index is 1110. The van der Waals surface area contributed by atoms with Gasteiger partial charge < -0.3 is 5.32 Å². The number of hydrogen-bond acceptors (Lipinski definition) is 5. The summed E-state index contributed by atoms with van der Waals surface area (Å²) in [5.74, 6) is -0.994. The number of nitrogens with zero attached hydrogens (tertiary/aromatic N) is 2. The molecule has 0 aliphatic rings. The highest BCUT2D eigenvalue weighted by Crippen LogP contribution is 2.18. The summed E-state index contributed by atoms with van der Waals surface area (Å²) >= 11 is 3.34. The maximum Gasteiger partial charge on any atom is 0.273 e. The van der Waals surface area contributed by atoms with Crippen LogP contribution in [0.1, 0.15) is 26.3 Å². The van der Waals surface area contributed by atoms with Crippen LogP contribution in [0, 0.1) is 10.1 Å². The van der Waals surface area contributed by atoms with Gasteiger partial charge in [0.2, 0.25) is 0 Å². The maximum atomic E-state index is 12.5. The summed E-state index contributed by atoms with van der Waals surface area (Å²) in [6.07, 6.45) is 1.50. The number of nitro benzene ring substituents is 1. The number of halogens is 1. The van der Waals surface area contributed by atoms with E-state index in [1.54, 1.807) is 24.3 Å². The Morgan fingerprint density at radius 1 is 0.933 bits per heavy atom. The van der Waals surface area contributed by atoms with Gasteiger partial charge in [0.1, 0.15) is 0 Å². The van der Waals surface area contributed by atoms with E-state index < -0.39 is 16.7 Å². The highest BCUT2D eigenvalue weighted by Gasteiger charge is 2.14. The molecular formula is C21H15BrN4O4. The third kappa shape index (κ3) is 5.36. The molecule has 3 aromatic carbocycles. The standard InChI is InChI=1S/C21H15BrN4O4/c22-16-9-5-14(6-10-16)13-23-25-21(28)18-3-1-2-4-19(18)24-20(27)15-7-11-17(12-8-15)26(29)30/h1-13H,(H,24,27)(H,25,28)/b23-13-. The Morgan fingerprint density at radius 3 is 2.27 bits per heavy atom. The number of carbonyl (C=O) groups is 2. The third-order valence-electron chi connectivity index (χ3n) is 4.01. The summed E-state index contributed by atoms with van der Waals surface area (Å²) in [6.45, 7) is 0. The van der Waals surface area contributed by atoms with Gasteiger partial charge in [-0.15, -0.1) is 0 Å². The van der Waals surface area contributed by atoms with Crippen LogP contribution in [0.15, 0.2) is 82.4 Å². The second kappa shape index (κ2) is 9.57. The minimum atomic E-state index is -0.546. The molecule has 2 amide bonds. The predicted octanol–water partition coefficient (Wildman–Crippen LogP) is 4.37. The van der Waals surface area contributed by atoms with Crippen LogP contribution in [0.25, 0.3) is 0 Å². The Morgan fingerprint density at radius 2 is 1.60 bits per heavy atom. The molecule has 0 heterocycles. The van der Waals surface area contributed by atoms with E-state index in [4.69, 9.17) is 0 Å². The maximum absolute atomic E-state index is 12.5. The number of nitro groups is 1. The normalized spacial score (nSPS) is 10.6. The summed E-state index contributed by atoms with van der Waals surface area (Å²) in [7, 11) is 0. The van der Waals surface area contributed by atoms with Gasteiger partial charge in [0.25, 0.3) is 17.5 Å². The van der Waals surface area contributed by atoms with Gasteiger partial charge in [-0.3, -0.25) is 19.7 Å². The molecule has 0 unspecified atom stereocenters. The van der Waals surface area contributed by atoms with Gasteiger partial charge in [0.15, 0.2) is 0 Å². The summed E-state index contributed by atoms with van der Waals surface area (Å²) in [4.78, 5) is 35.1. The average Bonchev–Trinajstić information content (AvgIpc) is 2.75. The summed E-state index contributed by atoms with van der Waals surface area (Å²) in [6, 6.07) is 19.0. The number of carbonyl (C=O) groups excluding carboxylic acids is 2. The van der Waals surface area contributed by atoms with Crippen LogP contribution in [0.5, 0.6) is 0 Å². The van der Waals surface area contributed by atoms with Crippen molar-refractivity contribution in [2.75, 3.05) is 5.32 Å². The van der Waals surface area contributed by atoms with Crippen LogP contribution in [-0.2, 0) is 0 Å². The summed E-state index contributed by atoms with van der Waals surface area (Å²) in [5.41, 5.74) is 3.85. The molecule has 9 heteroatoms. The quantitative estimate of drug-likeness (QED) is 0.318. The topological polar surface area (TPSA) is 114 Å². The first kappa shape index (κ1) is 20.9. The molecule has 0 fully saturated rings. The average molecular weight is 467 g/mol. The van der Waals surface area contributed by atoms with Gasteiger partial charge in [-0.1, -0.05) is 40.2 Å². The van der Waals surface area contributed by atoms with Crippen molar-refractivity contribution in [2.45, 2.75) is 0 Å². The lowest BCUT2D eigenvalue weighted by atomic mass is 10.1. The van der Waals surface area contributed by atoms with Crippen LogP contribution in [-0.4, -0.2) is 23.0 Å². The molecule has 0 bridgehead atoms. The number of benzene rings is 3. The SMILES string of the molecule is O=C(Nc1ccccc1C(=O)N/N=C\c1ccc(Br)cc1)c1ccc([N+](=O)[O-])cc1. The van der Waals surface area contributed by atoms with E-state index in [0.717, 1.165) is 10.0 Å². The van der Waals surface area contributed by atoms with E-state index in [-0.39, 0.29) is 22.5 Å². The van der Waals surface area contributed by atoms with Crippen molar-refractivity contribution in [3.63, 3.8) is 0 Å². The van der Waals surface area contributed by atoms with Crippen LogP contribution < -0.4 is 10.7 Å². The van der Waals surface area contributed by atoms with Gasteiger partial charge in [0.05, 0.1) is 22.4 Å². The number of hydrazone groups is 1. The fourth-order valence-corrected chi connectivity index (χ4v) is 2.76. The van der Waals surface area contributed by atoms with Crippen LogP contribution in [0.4, 0.5) is 11.4 Å². The molecule has 0 spiro atoms. The predicted molar refractivity (Wildman–Crippen MR) is 117 cm³/mol. The molecule has 0 aliphatic heterocycles. The van der Waals surface area contributed by atoms with Crippen LogP contribution in [0.2, 0.25) is 0 Å². The van der Waals surface area contributed by atoms with Crippen molar-refractivity contribution in [1.82, 2.24) is 5.43 Å². The van der Waals surface area contributed by atoms with E-state index >= 15 is 0 Å². The van der Waals surface area contributed by atoms with Gasteiger partial charge >= 0.3 is 0 Å². The fourth-order valence-electron chi connectivity index (χ4n) is 2.49. The molecule has 0 saturated heterocycles. The number of hydrogen-bond donors (Lipinski definition) is 2. The Balaban J connectivity index is 1.70. The number of rotatable bonds is 6. The van der Waals surface area contributed by atoms with Gasteiger partial charge in [-0.2, -0.15) is 5.10 Å². The van der Waals surface area contributed by atoms with Crippen molar-refractivity contribution < 1.29 is 14.5 Å². The molecule has 0 saturated carbocycles. The molecule has 0 radical (unpaired) electrons. The first-order chi connectivity index (χ1) is 14.4. The van der Waals surface area contributed by atoms with Crippen molar-refractivity contribution in [3.05, 3.63) is 104 Å². The lowest BCUT2D eigenvalue weighted by Crippen LogP contribution is -2.21. The molecule has 3 rings (SSSR count). The molecule has 150 valence electrons. The minimum absolute atomic E-state index is 0.116. The lowest BCUT2D eigenvalue weighted by Gasteiger charge is -2.10. The van der Waals surface area contributed by atoms with Crippen molar-refractivity contribution in [3.8, 4) is 0 Å². The monoisotopic (exact) mass is 466 g/mol. The lowest BCUT2D eigenvalue weighted by molar-refractivity contribution is -0.384. The Kier molecular flexibility index (Phi) is 6.66. The van der Waals surface area contributed by atoms with E-state index in [0.29, 0.717) is 0 Å². The number of para-hydroxylation sites is 1. The van der Waals surface area contributed by atoms with Crippen molar-refractivity contribution in [1.29, 1.82) is 0 Å². The van der Waals surface area contributed by atoms with Crippen molar-refractivity contribution in [2.24, 2.45) is 5.10 Å². The molecule has 0 aromatic heterocycles. The zero-order chi connectivity index (χ0) is 21.5. The van der Waals surface area contributed by atoms with E-state index in [1.165, 1.54) is 30.5 Å². The molecule has 2 N–H and O–H groups in total. The highest BCUT2D eigenvalue weighted by atomic mass is 79.9. The molecule has 0 atom stereocenters. The Hall–Kier alpha value is -3.85. The second-order valence-electron chi connectivity index (χ2n) is 6.05. The smallest absolute Gasteiger partial charge is 0.273 e. The van der Waals surface area contributed by atoms with E-state index in [1.807, 2.05) is 24.3 Å². The zero-order valence-electron chi connectivity index (χ0n) is 15.4. The minimum Gasteiger partial charge on any atom is -0.321 e. The number of nitrogens with one attached hydrogen (secondary N) is 2. The fraction of sp³-hybridized carbons (Fsp3) is 0. The third-order valence-corrected chi connectivity index (χ3v) is 4.54. The molecular weight excluding hydrogens is 452 g/mol. The second-order valence-corrected chi connectivity index (χ2v) is 6.97. The highest BCUT2D eigenvalue weighted by molar-refractivity contribution is 9.10. The molecule has 0 aliphatic carbocycles. The number of non-ortho nitro benzene ring substituents is 1. The first-order valence-corrected chi connectivity index (χ1v) is 9.47. The zero-order valence-corrected chi connectivity index (χ0v) is 17.0. The van der Waals surface area contributed by atoms with Crippen LogP contribution in [0.3, 0.4) is 0 Å². The van der Waals surface area contributed by atoms with Gasteiger partial charge in [-0.05, 0) is 42.0 Å². The van der Waals surface area contributed by atoms with Gasteiger partial charge in [-0.25, -0.2) is 5.43 Å². The number of amides is 2. The first-order valence-electron chi connectivity index (χ1n) is 8.68. The van der Waals surface area contributed by atoms with E-state index in [2.05, 4.69) is 31.8 Å². The van der Waals surface area contributed by atoms with E-state index in [9.17, 15) is 19.7 Å². The molecule has 3 aromatic rings. The van der Waals surface area contributed by atoms with Crippen molar-refractivity contribution >= 4 is 45.3 Å². The largest absolute Gasteiger partial charge is 0.321 e. The van der Waals surface area contributed by atoms with Gasteiger partial charge in [0, 0.05) is 22.2 Å². The summed E-state index contributed by atoms with van der Waals surface area (Å²) in [5, 5.41) is 17.3. The molecule has 8 nitrogen and oxygen atoms in total. The Labute approximate surface area is 179 Å².